The van der Waals surface area contributed by atoms with E-state index in [9.17, 15) is 14.4 Å². The Hall–Kier alpha value is -4.19. The summed E-state index contributed by atoms with van der Waals surface area (Å²) < 4.78 is 16.8. The predicted molar refractivity (Wildman–Crippen MR) is 297 cm³/mol. The van der Waals surface area contributed by atoms with Crippen LogP contribution in [0.4, 0.5) is 0 Å². The maximum absolute atomic E-state index is 12.8. The van der Waals surface area contributed by atoms with E-state index in [1.165, 1.54) is 70.6 Å². The summed E-state index contributed by atoms with van der Waals surface area (Å²) >= 11 is 0. The lowest BCUT2D eigenvalue weighted by atomic mass is 10.1. The molecule has 0 heterocycles. The van der Waals surface area contributed by atoms with Crippen LogP contribution in [0, 0.1) is 0 Å². The van der Waals surface area contributed by atoms with Gasteiger partial charge in [-0.2, -0.15) is 0 Å². The van der Waals surface area contributed by atoms with E-state index in [1.54, 1.807) is 0 Å². The van der Waals surface area contributed by atoms with E-state index in [1.807, 2.05) is 12.2 Å². The largest absolute Gasteiger partial charge is 0.462 e. The van der Waals surface area contributed by atoms with E-state index in [4.69, 9.17) is 14.2 Å². The molecule has 0 aliphatic rings. The second-order valence-corrected chi connectivity index (χ2v) is 18.1. The number of unbranched alkanes of at least 4 members (excludes halogenated alkanes) is 18. The molecule has 0 spiro atoms. The van der Waals surface area contributed by atoms with Gasteiger partial charge in [-0.15, -0.1) is 0 Å². The van der Waals surface area contributed by atoms with Crippen LogP contribution in [0.3, 0.4) is 0 Å². The Bertz CT molecular complexity index is 1470. The predicted octanol–water partition coefficient (Wildman–Crippen LogP) is 18.9. The molecule has 0 saturated carbocycles. The molecule has 0 aromatic rings. The van der Waals surface area contributed by atoms with Crippen molar-refractivity contribution in [2.75, 3.05) is 13.2 Å². The number of hydrogen-bond donors (Lipinski definition) is 0. The lowest BCUT2D eigenvalue weighted by molar-refractivity contribution is -0.166. The quantitative estimate of drug-likeness (QED) is 0.0262. The minimum absolute atomic E-state index is 0.119. The highest BCUT2D eigenvalue weighted by molar-refractivity contribution is 5.71. The van der Waals surface area contributed by atoms with Gasteiger partial charge >= 0.3 is 17.9 Å². The van der Waals surface area contributed by atoms with Gasteiger partial charge in [0.15, 0.2) is 6.10 Å². The fourth-order valence-corrected chi connectivity index (χ4v) is 7.30. The molecule has 6 heteroatoms. The first-order chi connectivity index (χ1) is 34.0. The Labute approximate surface area is 424 Å². The van der Waals surface area contributed by atoms with Gasteiger partial charge < -0.3 is 14.2 Å². The number of carbonyl (C=O) groups excluding carboxylic acids is 3. The highest BCUT2D eigenvalue weighted by Crippen LogP contribution is 2.13. The molecule has 390 valence electrons. The van der Waals surface area contributed by atoms with Gasteiger partial charge in [0.2, 0.25) is 0 Å². The fourth-order valence-electron chi connectivity index (χ4n) is 7.30. The molecule has 0 N–H and O–H groups in total. The molecule has 0 saturated heterocycles. The van der Waals surface area contributed by atoms with Crippen molar-refractivity contribution in [2.24, 2.45) is 0 Å². The van der Waals surface area contributed by atoms with E-state index in [0.29, 0.717) is 19.3 Å². The molecule has 6 nitrogen and oxygen atoms in total. The van der Waals surface area contributed by atoms with Crippen molar-refractivity contribution in [1.82, 2.24) is 0 Å². The van der Waals surface area contributed by atoms with Crippen LogP contribution in [0.15, 0.2) is 122 Å². The van der Waals surface area contributed by atoms with Gasteiger partial charge in [-0.25, -0.2) is 0 Å². The standard InChI is InChI=1S/C63H102O6/c1-4-7-10-13-16-19-22-25-28-31-32-33-36-38-41-44-47-50-53-56-62(65)68-59-60(69-63(66)57-54-51-48-45-42-39-35-30-27-24-21-18-15-12-9-6-3)58-67-61(64)55-52-49-46-43-40-37-34-29-26-23-20-17-14-11-8-5-2/h7,9-10,12,16,18-19,21,25,27-30,32-34,39,42,48,51,60H,4-6,8,11,13-15,17,20,22-24,26,31,35-38,40-41,43-47,49-50,52-59H2,1-3H3/b10-7-,12-9-,19-16-,21-18-,28-25-,30-27-,33-32-,34-29-,42-39-,51-48-. The Morgan fingerprint density at radius 2 is 0.594 bits per heavy atom. The summed E-state index contributed by atoms with van der Waals surface area (Å²) in [6.45, 7) is 6.32. The van der Waals surface area contributed by atoms with E-state index in [-0.39, 0.29) is 31.6 Å². The lowest BCUT2D eigenvalue weighted by Crippen LogP contribution is -2.30. The summed E-state index contributed by atoms with van der Waals surface area (Å²) in [7, 11) is 0. The SMILES string of the molecule is CC/C=C\C/C=C\C/C=C\C/C=C\C/C=C\CCC(=O)OC(COC(=O)CCCCCCC/C=C\CCCCCCCCC)COC(=O)CCCCCCCC/C=C\C/C=C\C/C=C\C/C=C\CC. The number of esters is 3. The van der Waals surface area contributed by atoms with E-state index >= 15 is 0 Å². The Morgan fingerprint density at radius 1 is 0.304 bits per heavy atom. The highest BCUT2D eigenvalue weighted by atomic mass is 16.6. The van der Waals surface area contributed by atoms with Gasteiger partial charge in [-0.3, -0.25) is 14.4 Å². The third-order valence-corrected chi connectivity index (χ3v) is 11.4. The number of allylic oxidation sites excluding steroid dienone is 20. The average molecular weight is 956 g/mol. The van der Waals surface area contributed by atoms with Crippen molar-refractivity contribution in [3.8, 4) is 0 Å². The van der Waals surface area contributed by atoms with E-state index in [2.05, 4.69) is 130 Å². The Balaban J connectivity index is 4.53. The monoisotopic (exact) mass is 955 g/mol. The van der Waals surface area contributed by atoms with Crippen LogP contribution >= 0.6 is 0 Å². The van der Waals surface area contributed by atoms with Crippen molar-refractivity contribution >= 4 is 17.9 Å². The Morgan fingerprint density at radius 3 is 0.957 bits per heavy atom. The van der Waals surface area contributed by atoms with Gasteiger partial charge in [0.05, 0.1) is 0 Å². The molecule has 0 radical (unpaired) electrons. The first-order valence-electron chi connectivity index (χ1n) is 28.0. The minimum Gasteiger partial charge on any atom is -0.462 e. The highest BCUT2D eigenvalue weighted by Gasteiger charge is 2.19. The first kappa shape index (κ1) is 64.8. The van der Waals surface area contributed by atoms with Crippen LogP contribution in [-0.4, -0.2) is 37.2 Å². The summed E-state index contributed by atoms with van der Waals surface area (Å²) in [5.74, 6) is -1.03. The van der Waals surface area contributed by atoms with E-state index in [0.717, 1.165) is 122 Å². The fraction of sp³-hybridized carbons (Fsp3) is 0.635. The van der Waals surface area contributed by atoms with Crippen molar-refractivity contribution < 1.29 is 28.6 Å². The average Bonchev–Trinajstić information content (AvgIpc) is 3.35. The molecule has 0 aromatic heterocycles. The molecule has 0 aliphatic carbocycles. The molecule has 0 fully saturated rings. The third-order valence-electron chi connectivity index (χ3n) is 11.4. The number of ether oxygens (including phenoxy) is 3. The molecule has 0 aliphatic heterocycles. The van der Waals surface area contributed by atoms with Gasteiger partial charge in [0, 0.05) is 19.3 Å². The van der Waals surface area contributed by atoms with Gasteiger partial charge in [-0.1, -0.05) is 226 Å². The zero-order valence-electron chi connectivity index (χ0n) is 44.5. The smallest absolute Gasteiger partial charge is 0.306 e. The van der Waals surface area contributed by atoms with Gasteiger partial charge in [-0.05, 0) is 116 Å². The number of carbonyl (C=O) groups is 3. The van der Waals surface area contributed by atoms with Crippen LogP contribution < -0.4 is 0 Å². The van der Waals surface area contributed by atoms with E-state index < -0.39 is 12.1 Å². The van der Waals surface area contributed by atoms with Crippen LogP contribution in [0.25, 0.3) is 0 Å². The second-order valence-electron chi connectivity index (χ2n) is 18.1. The van der Waals surface area contributed by atoms with Gasteiger partial charge in [0.25, 0.3) is 0 Å². The Kier molecular flexibility index (Phi) is 53.0. The zero-order valence-corrected chi connectivity index (χ0v) is 44.5. The number of rotatable bonds is 49. The third kappa shape index (κ3) is 54.6. The van der Waals surface area contributed by atoms with Crippen molar-refractivity contribution in [3.05, 3.63) is 122 Å². The van der Waals surface area contributed by atoms with Crippen molar-refractivity contribution in [1.29, 1.82) is 0 Å². The maximum Gasteiger partial charge on any atom is 0.306 e. The topological polar surface area (TPSA) is 78.9 Å². The minimum atomic E-state index is -0.831. The second kappa shape index (κ2) is 56.4. The van der Waals surface area contributed by atoms with Crippen LogP contribution in [0.2, 0.25) is 0 Å². The molecule has 0 amide bonds. The molecule has 0 rings (SSSR count). The van der Waals surface area contributed by atoms with Crippen LogP contribution in [0.1, 0.15) is 239 Å². The molecular weight excluding hydrogens is 853 g/mol. The number of hydrogen-bond acceptors (Lipinski definition) is 6. The normalized spacial score (nSPS) is 13.0. The van der Waals surface area contributed by atoms with Crippen LogP contribution in [-0.2, 0) is 28.6 Å². The summed E-state index contributed by atoms with van der Waals surface area (Å²) in [5, 5.41) is 0. The summed E-state index contributed by atoms with van der Waals surface area (Å²) in [6, 6.07) is 0. The summed E-state index contributed by atoms with van der Waals surface area (Å²) in [6.07, 6.45) is 77.7. The summed E-state index contributed by atoms with van der Waals surface area (Å²) in [4.78, 5) is 38.1. The molecule has 0 aromatic carbocycles. The lowest BCUT2D eigenvalue weighted by Gasteiger charge is -2.18. The van der Waals surface area contributed by atoms with Crippen LogP contribution in [0.5, 0.6) is 0 Å². The summed E-state index contributed by atoms with van der Waals surface area (Å²) in [5.41, 5.74) is 0. The maximum atomic E-state index is 12.8. The molecular formula is C63H102O6. The van der Waals surface area contributed by atoms with Gasteiger partial charge in [0.1, 0.15) is 13.2 Å². The molecule has 1 unspecified atom stereocenters. The molecule has 69 heavy (non-hydrogen) atoms. The zero-order chi connectivity index (χ0) is 50.0. The first-order valence-corrected chi connectivity index (χ1v) is 28.0. The molecule has 1 atom stereocenters. The molecule has 0 bridgehead atoms. The van der Waals surface area contributed by atoms with Crippen molar-refractivity contribution in [3.63, 3.8) is 0 Å². The van der Waals surface area contributed by atoms with Crippen molar-refractivity contribution in [2.45, 2.75) is 245 Å².